The summed E-state index contributed by atoms with van der Waals surface area (Å²) in [5, 5.41) is 2.92. The van der Waals surface area contributed by atoms with Crippen LogP contribution in [0.1, 0.15) is 39.7 Å². The molecule has 1 aromatic heterocycles. The van der Waals surface area contributed by atoms with Gasteiger partial charge in [-0.2, -0.15) is 0 Å². The van der Waals surface area contributed by atoms with Crippen LogP contribution in [0.15, 0.2) is 60.7 Å². The normalized spacial score (nSPS) is 11.8. The zero-order chi connectivity index (χ0) is 22.5. The molecule has 1 aliphatic carbocycles. The largest absolute Gasteiger partial charge is 0.466 e. The van der Waals surface area contributed by atoms with E-state index in [1.54, 1.807) is 19.1 Å². The van der Waals surface area contributed by atoms with Gasteiger partial charge in [0.25, 0.3) is 5.91 Å². The maximum atomic E-state index is 13.2. The summed E-state index contributed by atoms with van der Waals surface area (Å²) in [5.41, 5.74) is 12.2. The van der Waals surface area contributed by atoms with Crippen LogP contribution in [-0.2, 0) is 28.9 Å². The van der Waals surface area contributed by atoms with Crippen molar-refractivity contribution in [3.05, 3.63) is 88.6 Å². The standard InChI is InChI=1S/C26H25N3O3/c1-2-32-24(30)15-19-8-3-4-12-22(19)29-26(31)23-14-18-9-6-11-21(18)25(28-23)20-10-5-7-17(13-20)16-27/h3-8,10-14H,2,9,15-16,27H2,1H3,(H,29,31). The molecule has 0 bridgehead atoms. The van der Waals surface area contributed by atoms with Crippen molar-refractivity contribution in [3.8, 4) is 11.3 Å². The highest BCUT2D eigenvalue weighted by molar-refractivity contribution is 6.04. The van der Waals surface area contributed by atoms with Crippen molar-refractivity contribution < 1.29 is 14.3 Å². The average Bonchev–Trinajstić information content (AvgIpc) is 3.28. The number of carbonyl (C=O) groups excluding carboxylic acids is 2. The van der Waals surface area contributed by atoms with Crippen LogP contribution in [0.5, 0.6) is 0 Å². The molecule has 6 heteroatoms. The van der Waals surface area contributed by atoms with E-state index in [2.05, 4.69) is 11.4 Å². The van der Waals surface area contributed by atoms with E-state index in [1.165, 1.54) is 0 Å². The minimum Gasteiger partial charge on any atom is -0.466 e. The van der Waals surface area contributed by atoms with Gasteiger partial charge in [0.15, 0.2) is 0 Å². The highest BCUT2D eigenvalue weighted by Crippen LogP contribution is 2.31. The van der Waals surface area contributed by atoms with Crippen molar-refractivity contribution in [2.75, 3.05) is 11.9 Å². The number of nitrogens with two attached hydrogens (primary N) is 1. The van der Waals surface area contributed by atoms with Crippen LogP contribution in [0, 0.1) is 0 Å². The lowest BCUT2D eigenvalue weighted by Crippen LogP contribution is -2.17. The second-order valence-corrected chi connectivity index (χ2v) is 7.53. The first kappa shape index (κ1) is 21.5. The number of hydrogen-bond acceptors (Lipinski definition) is 5. The number of aromatic nitrogens is 1. The summed E-state index contributed by atoms with van der Waals surface area (Å²) in [6.45, 7) is 2.51. The second kappa shape index (κ2) is 9.58. The first-order chi connectivity index (χ1) is 15.6. The Labute approximate surface area is 187 Å². The number of fused-ring (bicyclic) bond motifs is 1. The van der Waals surface area contributed by atoms with E-state index in [-0.39, 0.29) is 18.3 Å². The van der Waals surface area contributed by atoms with Crippen LogP contribution < -0.4 is 11.1 Å². The molecular formula is C26H25N3O3. The fraction of sp³-hybridized carbons (Fsp3) is 0.192. The van der Waals surface area contributed by atoms with Gasteiger partial charge in [-0.1, -0.05) is 48.6 Å². The van der Waals surface area contributed by atoms with Crippen molar-refractivity contribution in [2.24, 2.45) is 5.73 Å². The lowest BCUT2D eigenvalue weighted by Gasteiger charge is -2.14. The summed E-state index contributed by atoms with van der Waals surface area (Å²) in [5.74, 6) is -0.662. The predicted molar refractivity (Wildman–Crippen MR) is 125 cm³/mol. The predicted octanol–water partition coefficient (Wildman–Crippen LogP) is 4.13. The molecule has 3 N–H and O–H groups in total. The van der Waals surface area contributed by atoms with Gasteiger partial charge < -0.3 is 15.8 Å². The molecule has 0 atom stereocenters. The summed E-state index contributed by atoms with van der Waals surface area (Å²) in [6, 6.07) is 16.9. The summed E-state index contributed by atoms with van der Waals surface area (Å²) in [4.78, 5) is 29.8. The number of allylic oxidation sites excluding steroid dienone is 1. The Morgan fingerprint density at radius 2 is 1.97 bits per heavy atom. The molecule has 2 aromatic carbocycles. The molecule has 1 amide bonds. The third kappa shape index (κ3) is 4.60. The maximum absolute atomic E-state index is 13.2. The molecule has 0 unspecified atom stereocenters. The highest BCUT2D eigenvalue weighted by Gasteiger charge is 2.20. The Morgan fingerprint density at radius 1 is 1.12 bits per heavy atom. The number of amides is 1. The highest BCUT2D eigenvalue weighted by atomic mass is 16.5. The molecule has 162 valence electrons. The Morgan fingerprint density at radius 3 is 2.78 bits per heavy atom. The molecule has 1 heterocycles. The van der Waals surface area contributed by atoms with Gasteiger partial charge in [-0.3, -0.25) is 9.59 Å². The Balaban J connectivity index is 1.66. The fourth-order valence-electron chi connectivity index (χ4n) is 3.80. The number of rotatable bonds is 7. The second-order valence-electron chi connectivity index (χ2n) is 7.53. The third-order valence-corrected chi connectivity index (χ3v) is 5.34. The minimum atomic E-state index is -0.335. The van der Waals surface area contributed by atoms with Crippen LogP contribution >= 0.6 is 0 Å². The maximum Gasteiger partial charge on any atom is 0.310 e. The summed E-state index contributed by atoms with van der Waals surface area (Å²) < 4.78 is 5.04. The molecule has 0 saturated carbocycles. The monoisotopic (exact) mass is 427 g/mol. The molecule has 0 saturated heterocycles. The van der Waals surface area contributed by atoms with E-state index >= 15 is 0 Å². The smallest absolute Gasteiger partial charge is 0.310 e. The van der Waals surface area contributed by atoms with E-state index in [9.17, 15) is 9.59 Å². The van der Waals surface area contributed by atoms with Gasteiger partial charge in [0.2, 0.25) is 0 Å². The molecule has 0 radical (unpaired) electrons. The van der Waals surface area contributed by atoms with Gasteiger partial charge >= 0.3 is 5.97 Å². The van der Waals surface area contributed by atoms with Crippen LogP contribution in [0.4, 0.5) is 5.69 Å². The van der Waals surface area contributed by atoms with E-state index in [0.29, 0.717) is 30.1 Å². The number of ether oxygens (including phenoxy) is 1. The van der Waals surface area contributed by atoms with Crippen LogP contribution in [-0.4, -0.2) is 23.5 Å². The molecular weight excluding hydrogens is 402 g/mol. The fourth-order valence-corrected chi connectivity index (χ4v) is 3.80. The summed E-state index contributed by atoms with van der Waals surface area (Å²) in [7, 11) is 0. The number of carbonyl (C=O) groups is 2. The quantitative estimate of drug-likeness (QED) is 0.553. The van der Waals surface area contributed by atoms with Gasteiger partial charge in [0, 0.05) is 23.4 Å². The molecule has 3 aromatic rings. The molecule has 6 nitrogen and oxygen atoms in total. The van der Waals surface area contributed by atoms with E-state index < -0.39 is 0 Å². The van der Waals surface area contributed by atoms with Gasteiger partial charge in [-0.05, 0) is 48.2 Å². The van der Waals surface area contributed by atoms with E-state index in [1.807, 2.05) is 48.5 Å². The number of nitrogens with zero attached hydrogens (tertiary/aromatic N) is 1. The first-order valence-electron chi connectivity index (χ1n) is 10.6. The number of pyridine rings is 1. The number of esters is 1. The molecule has 32 heavy (non-hydrogen) atoms. The SMILES string of the molecule is CCOC(=O)Cc1ccccc1NC(=O)c1cc2c(c(-c3cccc(CN)c3)n1)C=CC2. The topological polar surface area (TPSA) is 94.3 Å². The third-order valence-electron chi connectivity index (χ3n) is 5.34. The Bertz CT molecular complexity index is 1200. The molecule has 4 rings (SSSR count). The number of hydrogen-bond donors (Lipinski definition) is 2. The first-order valence-corrected chi connectivity index (χ1v) is 10.6. The van der Waals surface area contributed by atoms with Gasteiger partial charge in [0.05, 0.1) is 18.7 Å². The van der Waals surface area contributed by atoms with Crippen LogP contribution in [0.25, 0.3) is 17.3 Å². The van der Waals surface area contributed by atoms with E-state index in [4.69, 9.17) is 15.5 Å². The van der Waals surface area contributed by atoms with Gasteiger partial charge in [0.1, 0.15) is 5.69 Å². The Hall–Kier alpha value is -3.77. The zero-order valence-electron chi connectivity index (χ0n) is 17.9. The lowest BCUT2D eigenvalue weighted by atomic mass is 10.00. The van der Waals surface area contributed by atoms with Crippen molar-refractivity contribution in [3.63, 3.8) is 0 Å². The molecule has 1 aliphatic rings. The number of benzene rings is 2. The van der Waals surface area contributed by atoms with Crippen molar-refractivity contribution in [2.45, 2.75) is 26.3 Å². The van der Waals surface area contributed by atoms with Crippen molar-refractivity contribution >= 4 is 23.6 Å². The minimum absolute atomic E-state index is 0.0863. The molecule has 0 fully saturated rings. The molecule has 0 spiro atoms. The number of para-hydroxylation sites is 1. The van der Waals surface area contributed by atoms with Crippen LogP contribution in [0.3, 0.4) is 0 Å². The number of anilines is 1. The van der Waals surface area contributed by atoms with Crippen molar-refractivity contribution in [1.82, 2.24) is 4.98 Å². The van der Waals surface area contributed by atoms with Crippen molar-refractivity contribution in [1.29, 1.82) is 0 Å². The van der Waals surface area contributed by atoms with Crippen LogP contribution in [0.2, 0.25) is 0 Å². The lowest BCUT2D eigenvalue weighted by molar-refractivity contribution is -0.142. The van der Waals surface area contributed by atoms with E-state index in [0.717, 1.165) is 34.4 Å². The summed E-state index contributed by atoms with van der Waals surface area (Å²) >= 11 is 0. The average molecular weight is 428 g/mol. The zero-order valence-corrected chi connectivity index (χ0v) is 17.9. The van der Waals surface area contributed by atoms with Gasteiger partial charge in [-0.15, -0.1) is 0 Å². The van der Waals surface area contributed by atoms with Gasteiger partial charge in [-0.25, -0.2) is 4.98 Å². The molecule has 0 aliphatic heterocycles. The Kier molecular flexibility index (Phi) is 6.42. The number of nitrogens with one attached hydrogen (secondary N) is 1. The summed E-state index contributed by atoms with van der Waals surface area (Å²) in [6.07, 6.45) is 4.95.